The molecule has 0 bridgehead atoms. The zero-order valence-corrected chi connectivity index (χ0v) is 13.9. The first-order chi connectivity index (χ1) is 12.0. The summed E-state index contributed by atoms with van der Waals surface area (Å²) in [6.07, 6.45) is 0.269. The standard InChI is InChI=1S/C19H19N3O3/c1-13(23)14-7-9-15(10-8-14)20-19(25)21-16-11-18(24)22(12-16)17-5-3-2-4-6-17/h2-10,16H,11-12H2,1H3,(H2,20,21,25). The quantitative estimate of drug-likeness (QED) is 0.842. The van der Waals surface area contributed by atoms with E-state index < -0.39 is 0 Å². The molecule has 0 spiro atoms. The number of hydrogen-bond acceptors (Lipinski definition) is 3. The molecule has 2 N–H and O–H groups in total. The molecule has 3 amide bonds. The van der Waals surface area contributed by atoms with Crippen LogP contribution in [0.2, 0.25) is 0 Å². The lowest BCUT2D eigenvalue weighted by molar-refractivity contribution is -0.117. The van der Waals surface area contributed by atoms with Crippen molar-refractivity contribution in [2.24, 2.45) is 0 Å². The second kappa shape index (κ2) is 7.17. The topological polar surface area (TPSA) is 78.5 Å². The van der Waals surface area contributed by atoms with Gasteiger partial charge in [-0.1, -0.05) is 18.2 Å². The van der Waals surface area contributed by atoms with Crippen LogP contribution in [0.3, 0.4) is 0 Å². The number of ketones is 1. The summed E-state index contributed by atoms with van der Waals surface area (Å²) in [5.74, 6) is -0.0382. The van der Waals surface area contributed by atoms with Crippen molar-refractivity contribution < 1.29 is 14.4 Å². The third-order valence-corrected chi connectivity index (χ3v) is 4.08. The van der Waals surface area contributed by atoms with Crippen LogP contribution in [0.15, 0.2) is 54.6 Å². The number of benzene rings is 2. The molecule has 1 atom stereocenters. The Hall–Kier alpha value is -3.15. The number of carbonyl (C=O) groups is 3. The zero-order chi connectivity index (χ0) is 17.8. The minimum atomic E-state index is -0.372. The highest BCUT2D eigenvalue weighted by Crippen LogP contribution is 2.21. The maximum atomic E-state index is 12.1. The Labute approximate surface area is 145 Å². The molecule has 0 aliphatic carbocycles. The van der Waals surface area contributed by atoms with Gasteiger partial charge in [-0.3, -0.25) is 9.59 Å². The van der Waals surface area contributed by atoms with Gasteiger partial charge >= 0.3 is 6.03 Å². The van der Waals surface area contributed by atoms with Gasteiger partial charge in [0, 0.05) is 29.9 Å². The molecule has 6 heteroatoms. The number of rotatable bonds is 4. The fourth-order valence-corrected chi connectivity index (χ4v) is 2.80. The molecule has 0 saturated carbocycles. The van der Waals surface area contributed by atoms with E-state index in [1.165, 1.54) is 6.92 Å². The van der Waals surface area contributed by atoms with Crippen molar-refractivity contribution in [3.63, 3.8) is 0 Å². The van der Waals surface area contributed by atoms with Crippen molar-refractivity contribution in [3.8, 4) is 0 Å². The van der Waals surface area contributed by atoms with Crippen LogP contribution in [0.5, 0.6) is 0 Å². The summed E-state index contributed by atoms with van der Waals surface area (Å²) in [6.45, 7) is 1.93. The van der Waals surface area contributed by atoms with Gasteiger partial charge < -0.3 is 15.5 Å². The van der Waals surface area contributed by atoms with E-state index in [2.05, 4.69) is 10.6 Å². The fraction of sp³-hybridized carbons (Fsp3) is 0.211. The van der Waals surface area contributed by atoms with Crippen molar-refractivity contribution in [3.05, 3.63) is 60.2 Å². The number of anilines is 2. The Kier molecular flexibility index (Phi) is 4.79. The third kappa shape index (κ3) is 4.03. The smallest absolute Gasteiger partial charge is 0.319 e. The molecule has 1 fully saturated rings. The molecule has 25 heavy (non-hydrogen) atoms. The van der Waals surface area contributed by atoms with Gasteiger partial charge in [0.15, 0.2) is 5.78 Å². The van der Waals surface area contributed by atoms with Crippen LogP contribution < -0.4 is 15.5 Å². The first kappa shape index (κ1) is 16.7. The molecule has 2 aromatic rings. The summed E-state index contributed by atoms with van der Waals surface area (Å²) < 4.78 is 0. The van der Waals surface area contributed by atoms with Crippen LogP contribution in [-0.4, -0.2) is 30.3 Å². The number of para-hydroxylation sites is 1. The highest BCUT2D eigenvalue weighted by molar-refractivity contribution is 5.98. The SMILES string of the molecule is CC(=O)c1ccc(NC(=O)NC2CC(=O)N(c3ccccc3)C2)cc1. The highest BCUT2D eigenvalue weighted by Gasteiger charge is 2.31. The molecule has 3 rings (SSSR count). The van der Waals surface area contributed by atoms with Crippen LogP contribution in [0.4, 0.5) is 16.2 Å². The Morgan fingerprint density at radius 3 is 2.36 bits per heavy atom. The van der Waals surface area contributed by atoms with Gasteiger partial charge in [0.05, 0.1) is 6.04 Å². The summed E-state index contributed by atoms with van der Waals surface area (Å²) >= 11 is 0. The first-order valence-electron chi connectivity index (χ1n) is 8.07. The molecule has 1 aliphatic rings. The van der Waals surface area contributed by atoms with E-state index in [0.29, 0.717) is 17.8 Å². The summed E-state index contributed by atoms with van der Waals surface area (Å²) in [5, 5.41) is 5.53. The molecule has 1 saturated heterocycles. The number of hydrogen-bond donors (Lipinski definition) is 2. The van der Waals surface area contributed by atoms with Gasteiger partial charge in [-0.15, -0.1) is 0 Å². The number of nitrogens with zero attached hydrogens (tertiary/aromatic N) is 1. The van der Waals surface area contributed by atoms with Gasteiger partial charge in [0.2, 0.25) is 5.91 Å². The van der Waals surface area contributed by atoms with E-state index in [0.717, 1.165) is 5.69 Å². The average Bonchev–Trinajstić information content (AvgIpc) is 2.96. The molecule has 1 aliphatic heterocycles. The van der Waals surface area contributed by atoms with Crippen molar-refractivity contribution in [1.82, 2.24) is 5.32 Å². The molecule has 0 aromatic heterocycles. The molecule has 6 nitrogen and oxygen atoms in total. The molecular weight excluding hydrogens is 318 g/mol. The van der Waals surface area contributed by atoms with Gasteiger partial charge in [0.25, 0.3) is 0 Å². The zero-order valence-electron chi connectivity index (χ0n) is 13.9. The largest absolute Gasteiger partial charge is 0.333 e. The Morgan fingerprint density at radius 1 is 1.04 bits per heavy atom. The maximum Gasteiger partial charge on any atom is 0.319 e. The van der Waals surface area contributed by atoms with Gasteiger partial charge in [-0.25, -0.2) is 4.79 Å². The van der Waals surface area contributed by atoms with E-state index in [4.69, 9.17) is 0 Å². The van der Waals surface area contributed by atoms with Crippen LogP contribution in [0, 0.1) is 0 Å². The lowest BCUT2D eigenvalue weighted by Gasteiger charge is -2.17. The Bertz CT molecular complexity index is 787. The third-order valence-electron chi connectivity index (χ3n) is 4.08. The van der Waals surface area contributed by atoms with E-state index in [1.54, 1.807) is 29.2 Å². The predicted octanol–water partition coefficient (Wildman–Crippen LogP) is 2.82. The number of nitrogens with one attached hydrogen (secondary N) is 2. The molecule has 2 aromatic carbocycles. The van der Waals surface area contributed by atoms with Crippen molar-refractivity contribution >= 4 is 29.1 Å². The molecule has 1 unspecified atom stereocenters. The monoisotopic (exact) mass is 337 g/mol. The van der Waals surface area contributed by atoms with Gasteiger partial charge in [-0.2, -0.15) is 0 Å². The average molecular weight is 337 g/mol. The normalized spacial score (nSPS) is 16.6. The van der Waals surface area contributed by atoms with Crippen molar-refractivity contribution in [1.29, 1.82) is 0 Å². The minimum Gasteiger partial charge on any atom is -0.333 e. The van der Waals surface area contributed by atoms with E-state index in [1.807, 2.05) is 30.3 Å². The highest BCUT2D eigenvalue weighted by atomic mass is 16.2. The first-order valence-corrected chi connectivity index (χ1v) is 8.07. The van der Waals surface area contributed by atoms with Crippen molar-refractivity contribution in [2.75, 3.05) is 16.8 Å². The lowest BCUT2D eigenvalue weighted by Crippen LogP contribution is -2.39. The summed E-state index contributed by atoms with van der Waals surface area (Å²) in [4.78, 5) is 37.2. The van der Waals surface area contributed by atoms with Crippen LogP contribution in [-0.2, 0) is 4.79 Å². The summed E-state index contributed by atoms with van der Waals surface area (Å²) in [6, 6.07) is 15.4. The molecular formula is C19H19N3O3. The lowest BCUT2D eigenvalue weighted by atomic mass is 10.1. The predicted molar refractivity (Wildman–Crippen MR) is 95.8 cm³/mol. The number of Topliss-reactive ketones (excluding diaryl/α,β-unsaturated/α-hetero) is 1. The number of carbonyl (C=O) groups excluding carboxylic acids is 3. The summed E-state index contributed by atoms with van der Waals surface area (Å²) in [7, 11) is 0. The van der Waals surface area contributed by atoms with Gasteiger partial charge in [-0.05, 0) is 43.3 Å². The number of urea groups is 1. The fourth-order valence-electron chi connectivity index (χ4n) is 2.80. The molecule has 128 valence electrons. The van der Waals surface area contributed by atoms with Crippen molar-refractivity contribution in [2.45, 2.75) is 19.4 Å². The second-order valence-corrected chi connectivity index (χ2v) is 5.97. The van der Waals surface area contributed by atoms with Crippen LogP contribution in [0.1, 0.15) is 23.7 Å². The van der Waals surface area contributed by atoms with Crippen LogP contribution >= 0.6 is 0 Å². The van der Waals surface area contributed by atoms with Gasteiger partial charge in [0.1, 0.15) is 0 Å². The molecule has 0 radical (unpaired) electrons. The van der Waals surface area contributed by atoms with E-state index in [-0.39, 0.29) is 30.2 Å². The van der Waals surface area contributed by atoms with E-state index >= 15 is 0 Å². The van der Waals surface area contributed by atoms with E-state index in [9.17, 15) is 14.4 Å². The Morgan fingerprint density at radius 2 is 1.72 bits per heavy atom. The second-order valence-electron chi connectivity index (χ2n) is 5.97. The maximum absolute atomic E-state index is 12.1. The summed E-state index contributed by atoms with van der Waals surface area (Å²) in [5.41, 5.74) is 2.01. The Balaban J connectivity index is 1.56. The van der Waals surface area contributed by atoms with Crippen LogP contribution in [0.25, 0.3) is 0 Å². The minimum absolute atomic E-state index is 0.0117. The number of amides is 3. The molecule has 1 heterocycles.